The minimum absolute atomic E-state index is 0.0548. The molecule has 0 aliphatic heterocycles. The van der Waals surface area contributed by atoms with Gasteiger partial charge in [-0.25, -0.2) is 4.39 Å². The highest BCUT2D eigenvalue weighted by Gasteiger charge is 2.20. The quantitative estimate of drug-likeness (QED) is 0.283. The van der Waals surface area contributed by atoms with Crippen LogP contribution in [0.25, 0.3) is 0 Å². The number of nitrogens with one attached hydrogen (secondary N) is 1. The van der Waals surface area contributed by atoms with Gasteiger partial charge in [-0.3, -0.25) is 9.59 Å². The number of carbonyl (C=O) groups excluding carboxylic acids is 2. The molecule has 1 atom stereocenters. The topological polar surface area (TPSA) is 70.7 Å². The van der Waals surface area contributed by atoms with E-state index in [9.17, 15) is 14.0 Å². The van der Waals surface area contributed by atoms with Crippen molar-refractivity contribution in [3.8, 4) is 0 Å². The fourth-order valence-corrected chi connectivity index (χ4v) is 4.55. The number of amides is 2. The summed E-state index contributed by atoms with van der Waals surface area (Å²) >= 11 is 0. The van der Waals surface area contributed by atoms with Crippen molar-refractivity contribution in [2.45, 2.75) is 66.1 Å². The van der Waals surface area contributed by atoms with Crippen LogP contribution in [0.2, 0.25) is 0 Å². The van der Waals surface area contributed by atoms with Crippen molar-refractivity contribution in [3.63, 3.8) is 0 Å². The molecule has 0 radical (unpaired) electrons. The number of furan rings is 1. The molecule has 2 heterocycles. The van der Waals surface area contributed by atoms with Crippen molar-refractivity contribution < 1.29 is 18.4 Å². The molecular weight excluding hydrogens is 483 g/mol. The molecule has 0 fully saturated rings. The van der Waals surface area contributed by atoms with Crippen LogP contribution in [0.5, 0.6) is 0 Å². The van der Waals surface area contributed by atoms with E-state index in [1.165, 1.54) is 12.1 Å². The molecule has 0 aliphatic rings. The standard InChI is InChI=1S/C30H41FN4O3/c1-5-18-35(30(37)26-14-8-9-15-27(26)31)21-24-13-11-20-34(24)22-25-16-17-28(38-25)29(36)32-23(4)12-10-19-33(6-2)7-3/h8-9,11,13-17,20,23H,5-7,10,12,18-19,21-22H2,1-4H3,(H,32,36). The summed E-state index contributed by atoms with van der Waals surface area (Å²) in [6.07, 6.45) is 4.60. The van der Waals surface area contributed by atoms with E-state index < -0.39 is 5.82 Å². The summed E-state index contributed by atoms with van der Waals surface area (Å²) in [6, 6.07) is 13.5. The number of benzene rings is 1. The average Bonchev–Trinajstić information content (AvgIpc) is 3.56. The normalized spacial score (nSPS) is 12.1. The highest BCUT2D eigenvalue weighted by Crippen LogP contribution is 2.17. The van der Waals surface area contributed by atoms with E-state index in [-0.39, 0.29) is 29.2 Å². The molecule has 3 rings (SSSR count). The van der Waals surface area contributed by atoms with Gasteiger partial charge in [-0.15, -0.1) is 0 Å². The van der Waals surface area contributed by atoms with Crippen LogP contribution in [0.15, 0.2) is 59.1 Å². The average molecular weight is 525 g/mol. The molecule has 7 nitrogen and oxygen atoms in total. The van der Waals surface area contributed by atoms with E-state index in [0.29, 0.717) is 25.4 Å². The molecule has 2 amide bonds. The van der Waals surface area contributed by atoms with Crippen LogP contribution in [0, 0.1) is 5.82 Å². The lowest BCUT2D eigenvalue weighted by molar-refractivity contribution is 0.0734. The number of nitrogens with zero attached hydrogens (tertiary/aromatic N) is 3. The Morgan fingerprint density at radius 3 is 2.50 bits per heavy atom. The van der Waals surface area contributed by atoms with Crippen molar-refractivity contribution >= 4 is 11.8 Å². The van der Waals surface area contributed by atoms with Crippen molar-refractivity contribution in [2.24, 2.45) is 0 Å². The summed E-state index contributed by atoms with van der Waals surface area (Å²) in [4.78, 5) is 29.8. The zero-order valence-electron chi connectivity index (χ0n) is 23.1. The van der Waals surface area contributed by atoms with Crippen LogP contribution in [-0.2, 0) is 13.1 Å². The molecule has 0 spiro atoms. The van der Waals surface area contributed by atoms with E-state index in [0.717, 1.165) is 44.6 Å². The summed E-state index contributed by atoms with van der Waals surface area (Å²) in [7, 11) is 0. The molecule has 2 aromatic heterocycles. The minimum Gasteiger partial charge on any atom is -0.454 e. The van der Waals surface area contributed by atoms with Gasteiger partial charge in [0.2, 0.25) is 0 Å². The third-order valence-electron chi connectivity index (χ3n) is 6.76. The molecule has 0 bridgehead atoms. The lowest BCUT2D eigenvalue weighted by Crippen LogP contribution is -2.33. The van der Waals surface area contributed by atoms with Gasteiger partial charge >= 0.3 is 0 Å². The Kier molecular flexibility index (Phi) is 11.1. The summed E-state index contributed by atoms with van der Waals surface area (Å²) in [5.74, 6) is -0.144. The van der Waals surface area contributed by atoms with Gasteiger partial charge in [-0.2, -0.15) is 0 Å². The number of hydrogen-bond donors (Lipinski definition) is 1. The predicted octanol–water partition coefficient (Wildman–Crippen LogP) is 5.56. The minimum atomic E-state index is -0.520. The zero-order valence-corrected chi connectivity index (χ0v) is 23.1. The van der Waals surface area contributed by atoms with E-state index >= 15 is 0 Å². The maximum absolute atomic E-state index is 14.3. The zero-order chi connectivity index (χ0) is 27.5. The van der Waals surface area contributed by atoms with Gasteiger partial charge in [-0.05, 0) is 82.2 Å². The van der Waals surface area contributed by atoms with Crippen molar-refractivity contribution in [3.05, 3.63) is 83.3 Å². The Morgan fingerprint density at radius 1 is 1.03 bits per heavy atom. The molecule has 1 aromatic carbocycles. The van der Waals surface area contributed by atoms with Crippen molar-refractivity contribution in [1.82, 2.24) is 19.7 Å². The van der Waals surface area contributed by atoms with Gasteiger partial charge in [0.15, 0.2) is 5.76 Å². The third-order valence-corrected chi connectivity index (χ3v) is 6.76. The van der Waals surface area contributed by atoms with Gasteiger partial charge in [-0.1, -0.05) is 32.9 Å². The SMILES string of the molecule is CCCN(Cc1cccn1Cc1ccc(C(=O)NC(C)CCCN(CC)CC)o1)C(=O)c1ccccc1F. The molecule has 0 aliphatic carbocycles. The summed E-state index contributed by atoms with van der Waals surface area (Å²) in [5.41, 5.74) is 0.968. The fourth-order valence-electron chi connectivity index (χ4n) is 4.55. The number of rotatable bonds is 15. The van der Waals surface area contributed by atoms with Gasteiger partial charge in [0, 0.05) is 24.5 Å². The van der Waals surface area contributed by atoms with E-state index in [4.69, 9.17) is 4.42 Å². The maximum Gasteiger partial charge on any atom is 0.287 e. The van der Waals surface area contributed by atoms with E-state index in [2.05, 4.69) is 24.1 Å². The Hall–Kier alpha value is -3.39. The second-order valence-corrected chi connectivity index (χ2v) is 9.64. The number of halogens is 1. The molecule has 1 N–H and O–H groups in total. The third kappa shape index (κ3) is 8.05. The maximum atomic E-state index is 14.3. The van der Waals surface area contributed by atoms with Crippen LogP contribution < -0.4 is 5.32 Å². The highest BCUT2D eigenvalue weighted by molar-refractivity contribution is 5.94. The first kappa shape index (κ1) is 29.2. The Bertz CT molecular complexity index is 1170. The largest absolute Gasteiger partial charge is 0.454 e. The summed E-state index contributed by atoms with van der Waals surface area (Å²) in [5, 5.41) is 3.03. The van der Waals surface area contributed by atoms with Crippen molar-refractivity contribution in [1.29, 1.82) is 0 Å². The lowest BCUT2D eigenvalue weighted by Gasteiger charge is -2.23. The first-order chi connectivity index (χ1) is 18.4. The van der Waals surface area contributed by atoms with Gasteiger partial charge in [0.1, 0.15) is 11.6 Å². The monoisotopic (exact) mass is 524 g/mol. The molecule has 0 saturated carbocycles. The van der Waals surface area contributed by atoms with Gasteiger partial charge in [0.05, 0.1) is 18.7 Å². The number of aromatic nitrogens is 1. The fraction of sp³-hybridized carbons (Fsp3) is 0.467. The molecular formula is C30H41FN4O3. The molecule has 1 unspecified atom stereocenters. The van der Waals surface area contributed by atoms with Gasteiger partial charge < -0.3 is 24.1 Å². The first-order valence-corrected chi connectivity index (χ1v) is 13.7. The molecule has 38 heavy (non-hydrogen) atoms. The van der Waals surface area contributed by atoms with Crippen molar-refractivity contribution in [2.75, 3.05) is 26.2 Å². The van der Waals surface area contributed by atoms with E-state index in [1.807, 2.05) is 36.7 Å². The molecule has 0 saturated heterocycles. The predicted molar refractivity (Wildman–Crippen MR) is 148 cm³/mol. The second-order valence-electron chi connectivity index (χ2n) is 9.64. The molecule has 206 valence electrons. The molecule has 8 heteroatoms. The van der Waals surface area contributed by atoms with Crippen LogP contribution >= 0.6 is 0 Å². The Morgan fingerprint density at radius 2 is 1.79 bits per heavy atom. The number of hydrogen-bond acceptors (Lipinski definition) is 4. The number of carbonyl (C=O) groups is 2. The second kappa shape index (κ2) is 14.5. The van der Waals surface area contributed by atoms with Gasteiger partial charge in [0.25, 0.3) is 11.8 Å². The summed E-state index contributed by atoms with van der Waals surface area (Å²) in [6.45, 7) is 12.7. The Balaban J connectivity index is 1.59. The summed E-state index contributed by atoms with van der Waals surface area (Å²) < 4.78 is 22.1. The lowest BCUT2D eigenvalue weighted by atomic mass is 10.1. The van der Waals surface area contributed by atoms with Crippen LogP contribution in [0.3, 0.4) is 0 Å². The smallest absolute Gasteiger partial charge is 0.287 e. The molecule has 3 aromatic rings. The Labute approximate surface area is 225 Å². The van der Waals surface area contributed by atoms with Crippen LogP contribution in [-0.4, -0.2) is 58.4 Å². The van der Waals surface area contributed by atoms with Crippen LogP contribution in [0.4, 0.5) is 4.39 Å². The van der Waals surface area contributed by atoms with Crippen LogP contribution in [0.1, 0.15) is 79.3 Å². The first-order valence-electron chi connectivity index (χ1n) is 13.7. The van der Waals surface area contributed by atoms with E-state index in [1.54, 1.807) is 29.2 Å². The highest BCUT2D eigenvalue weighted by atomic mass is 19.1.